The van der Waals surface area contributed by atoms with Gasteiger partial charge in [-0.2, -0.15) is 0 Å². The number of aryl methyl sites for hydroxylation is 1. The molecule has 1 heterocycles. The number of hydrogen-bond donors (Lipinski definition) is 1. The molecule has 0 fully saturated rings. The quantitative estimate of drug-likeness (QED) is 0.828. The van der Waals surface area contributed by atoms with Crippen molar-refractivity contribution in [3.8, 4) is 0 Å². The number of rotatable bonds is 3. The van der Waals surface area contributed by atoms with E-state index >= 15 is 0 Å². The Labute approximate surface area is 105 Å². The lowest BCUT2D eigenvalue weighted by molar-refractivity contribution is 0.854. The molecule has 4 heteroatoms. The molecule has 84 valence electrons. The molecule has 0 aliphatic heterocycles. The minimum absolute atomic E-state index is 0.108. The molecule has 0 aliphatic carbocycles. The van der Waals surface area contributed by atoms with Crippen molar-refractivity contribution < 1.29 is 0 Å². The highest BCUT2D eigenvalue weighted by molar-refractivity contribution is 6.30. The fraction of sp³-hybridized carbons (Fsp3) is 0.250. The third-order valence-corrected chi connectivity index (χ3v) is 2.98. The number of hydrogen-bond acceptors (Lipinski definition) is 1. The van der Waals surface area contributed by atoms with Crippen molar-refractivity contribution in [1.29, 1.82) is 0 Å². The van der Waals surface area contributed by atoms with Crippen molar-refractivity contribution in [3.63, 3.8) is 0 Å². The summed E-state index contributed by atoms with van der Waals surface area (Å²) in [5.41, 5.74) is 2.15. The second kappa shape index (κ2) is 4.89. The van der Waals surface area contributed by atoms with E-state index in [0.29, 0.717) is 6.42 Å². The zero-order valence-corrected chi connectivity index (χ0v) is 10.4. The molecule has 0 bridgehead atoms. The first-order valence-corrected chi connectivity index (χ1v) is 5.86. The average molecular weight is 255 g/mol. The van der Waals surface area contributed by atoms with Crippen LogP contribution < -0.4 is 0 Å². The summed E-state index contributed by atoms with van der Waals surface area (Å²) in [6.45, 7) is 2.01. The standard InChI is InChI=1S/C12H12Cl2N2/c1-8-4-9(6-10(13)5-8)11(14)7-12-15-2-3-16-12/h2-6,11H,7H2,1H3,(H,15,16). The lowest BCUT2D eigenvalue weighted by Gasteiger charge is -2.09. The third kappa shape index (κ3) is 2.77. The molecule has 1 aromatic heterocycles. The van der Waals surface area contributed by atoms with E-state index in [1.807, 2.05) is 25.1 Å². The predicted octanol–water partition coefficient (Wildman–Crippen LogP) is 3.89. The van der Waals surface area contributed by atoms with Gasteiger partial charge in [-0.3, -0.25) is 0 Å². The van der Waals surface area contributed by atoms with Crippen LogP contribution >= 0.6 is 23.2 Å². The average Bonchev–Trinajstić information content (AvgIpc) is 2.68. The second-order valence-corrected chi connectivity index (χ2v) is 4.73. The minimum atomic E-state index is -0.108. The molecule has 0 aliphatic rings. The van der Waals surface area contributed by atoms with Gasteiger partial charge in [0.2, 0.25) is 0 Å². The first-order chi connectivity index (χ1) is 7.65. The molecule has 0 radical (unpaired) electrons. The molecule has 1 N–H and O–H groups in total. The van der Waals surface area contributed by atoms with Gasteiger partial charge >= 0.3 is 0 Å². The molecular formula is C12H12Cl2N2. The Morgan fingerprint density at radius 3 is 2.81 bits per heavy atom. The van der Waals surface area contributed by atoms with Gasteiger partial charge in [0.15, 0.2) is 0 Å². The highest BCUT2D eigenvalue weighted by Crippen LogP contribution is 2.27. The number of aromatic nitrogens is 2. The number of nitrogens with one attached hydrogen (secondary N) is 1. The SMILES string of the molecule is Cc1cc(Cl)cc(C(Cl)Cc2ncc[nH]2)c1. The van der Waals surface area contributed by atoms with Crippen LogP contribution in [0.2, 0.25) is 5.02 Å². The Balaban J connectivity index is 2.17. The van der Waals surface area contributed by atoms with Gasteiger partial charge in [-0.15, -0.1) is 11.6 Å². The number of H-pyrrole nitrogens is 1. The topological polar surface area (TPSA) is 28.7 Å². The van der Waals surface area contributed by atoms with Gasteiger partial charge in [-0.05, 0) is 30.2 Å². The Bertz CT molecular complexity index is 446. The monoisotopic (exact) mass is 254 g/mol. The first kappa shape index (κ1) is 11.5. The Hall–Kier alpha value is -0.990. The van der Waals surface area contributed by atoms with E-state index in [2.05, 4.69) is 9.97 Å². The van der Waals surface area contributed by atoms with E-state index < -0.39 is 0 Å². The number of aromatic amines is 1. The molecule has 0 spiro atoms. The van der Waals surface area contributed by atoms with Gasteiger partial charge in [-0.1, -0.05) is 17.7 Å². The number of nitrogens with zero attached hydrogens (tertiary/aromatic N) is 1. The molecule has 2 rings (SSSR count). The van der Waals surface area contributed by atoms with E-state index in [-0.39, 0.29) is 5.38 Å². The summed E-state index contributed by atoms with van der Waals surface area (Å²) < 4.78 is 0. The fourth-order valence-electron chi connectivity index (χ4n) is 1.64. The summed E-state index contributed by atoms with van der Waals surface area (Å²) >= 11 is 12.3. The van der Waals surface area contributed by atoms with Crippen molar-refractivity contribution in [2.24, 2.45) is 0 Å². The first-order valence-electron chi connectivity index (χ1n) is 5.04. The van der Waals surface area contributed by atoms with Gasteiger partial charge < -0.3 is 4.98 Å². The molecule has 0 saturated heterocycles. The van der Waals surface area contributed by atoms with E-state index in [9.17, 15) is 0 Å². The van der Waals surface area contributed by atoms with Crippen LogP contribution in [0.3, 0.4) is 0 Å². The third-order valence-electron chi connectivity index (χ3n) is 2.35. The Morgan fingerprint density at radius 2 is 2.19 bits per heavy atom. The molecule has 2 aromatic rings. The van der Waals surface area contributed by atoms with E-state index in [1.54, 1.807) is 12.4 Å². The van der Waals surface area contributed by atoms with Gasteiger partial charge in [0.25, 0.3) is 0 Å². The molecular weight excluding hydrogens is 243 g/mol. The minimum Gasteiger partial charge on any atom is -0.349 e. The smallest absolute Gasteiger partial charge is 0.107 e. The molecule has 2 nitrogen and oxygen atoms in total. The second-order valence-electron chi connectivity index (χ2n) is 3.77. The van der Waals surface area contributed by atoms with Crippen molar-refractivity contribution in [2.75, 3.05) is 0 Å². The normalized spacial score (nSPS) is 12.7. The number of benzene rings is 1. The molecule has 0 amide bonds. The van der Waals surface area contributed by atoms with Crippen LogP contribution in [0.4, 0.5) is 0 Å². The summed E-state index contributed by atoms with van der Waals surface area (Å²) in [6.07, 6.45) is 4.19. The fourth-order valence-corrected chi connectivity index (χ4v) is 2.21. The summed E-state index contributed by atoms with van der Waals surface area (Å²) in [5.74, 6) is 0.887. The van der Waals surface area contributed by atoms with Gasteiger partial charge in [0, 0.05) is 23.8 Å². The summed E-state index contributed by atoms with van der Waals surface area (Å²) in [5, 5.41) is 0.614. The highest BCUT2D eigenvalue weighted by Gasteiger charge is 2.11. The zero-order valence-electron chi connectivity index (χ0n) is 8.87. The van der Waals surface area contributed by atoms with Crippen LogP contribution in [0, 0.1) is 6.92 Å². The summed E-state index contributed by atoms with van der Waals surface area (Å²) in [4.78, 5) is 7.19. The van der Waals surface area contributed by atoms with Crippen molar-refractivity contribution in [3.05, 3.63) is 52.6 Å². The van der Waals surface area contributed by atoms with Crippen LogP contribution in [0.1, 0.15) is 22.3 Å². The maximum absolute atomic E-state index is 6.32. The summed E-state index contributed by atoms with van der Waals surface area (Å²) in [7, 11) is 0. The van der Waals surface area contributed by atoms with Crippen molar-refractivity contribution in [1.82, 2.24) is 9.97 Å². The van der Waals surface area contributed by atoms with Crippen LogP contribution in [0.15, 0.2) is 30.6 Å². The largest absolute Gasteiger partial charge is 0.349 e. The van der Waals surface area contributed by atoms with Gasteiger partial charge in [-0.25, -0.2) is 4.98 Å². The number of halogens is 2. The molecule has 1 unspecified atom stereocenters. The van der Waals surface area contributed by atoms with Gasteiger partial charge in [0.05, 0.1) is 5.38 Å². The van der Waals surface area contributed by atoms with Crippen LogP contribution in [0.5, 0.6) is 0 Å². The molecule has 1 aromatic carbocycles. The Morgan fingerprint density at radius 1 is 1.38 bits per heavy atom. The number of alkyl halides is 1. The lowest BCUT2D eigenvalue weighted by Crippen LogP contribution is -1.98. The van der Waals surface area contributed by atoms with Gasteiger partial charge in [0.1, 0.15) is 5.82 Å². The zero-order chi connectivity index (χ0) is 11.5. The predicted molar refractivity (Wildman–Crippen MR) is 67.1 cm³/mol. The highest BCUT2D eigenvalue weighted by atomic mass is 35.5. The lowest BCUT2D eigenvalue weighted by atomic mass is 10.1. The molecule has 16 heavy (non-hydrogen) atoms. The summed E-state index contributed by atoms with van der Waals surface area (Å²) in [6, 6.07) is 5.86. The van der Waals surface area contributed by atoms with E-state index in [4.69, 9.17) is 23.2 Å². The molecule has 1 atom stereocenters. The number of imidazole rings is 1. The van der Waals surface area contributed by atoms with Crippen molar-refractivity contribution >= 4 is 23.2 Å². The van der Waals surface area contributed by atoms with E-state index in [0.717, 1.165) is 22.0 Å². The molecule has 0 saturated carbocycles. The Kier molecular flexibility index (Phi) is 3.52. The maximum atomic E-state index is 6.32. The van der Waals surface area contributed by atoms with Crippen LogP contribution in [-0.2, 0) is 6.42 Å². The van der Waals surface area contributed by atoms with Crippen LogP contribution in [0.25, 0.3) is 0 Å². The van der Waals surface area contributed by atoms with E-state index in [1.165, 1.54) is 0 Å². The maximum Gasteiger partial charge on any atom is 0.107 e. The van der Waals surface area contributed by atoms with Crippen LogP contribution in [-0.4, -0.2) is 9.97 Å². The van der Waals surface area contributed by atoms with Crippen molar-refractivity contribution in [2.45, 2.75) is 18.7 Å².